The third-order valence-electron chi connectivity index (χ3n) is 5.26. The summed E-state index contributed by atoms with van der Waals surface area (Å²) in [4.78, 5) is 47.8. The summed E-state index contributed by atoms with van der Waals surface area (Å²) in [5.74, 6) is -1.91. The van der Waals surface area contributed by atoms with Crippen LogP contribution in [-0.4, -0.2) is 53.5 Å². The second-order valence-corrected chi connectivity index (χ2v) is 9.13. The Balaban J connectivity index is 2.90. The average Bonchev–Trinajstić information content (AvgIpc) is 2.77. The molecule has 0 aliphatic heterocycles. The highest BCUT2D eigenvalue weighted by atomic mass is 16.7. The highest BCUT2D eigenvalue weighted by Gasteiger charge is 2.25. The van der Waals surface area contributed by atoms with Crippen LogP contribution >= 0.6 is 0 Å². The highest BCUT2D eigenvalue weighted by Crippen LogP contribution is 2.30. The summed E-state index contributed by atoms with van der Waals surface area (Å²) < 4.78 is 21.2. The molecule has 36 heavy (non-hydrogen) atoms. The van der Waals surface area contributed by atoms with Crippen molar-refractivity contribution in [1.29, 1.82) is 0 Å². The molecule has 2 atom stereocenters. The van der Waals surface area contributed by atoms with Gasteiger partial charge < -0.3 is 29.4 Å². The molecular weight excluding hydrogens is 470 g/mol. The van der Waals surface area contributed by atoms with Crippen LogP contribution in [0, 0.1) is 0 Å². The van der Waals surface area contributed by atoms with Gasteiger partial charge in [0, 0.05) is 19.4 Å². The number of hydrogen-bond donors (Lipinski definition) is 2. The van der Waals surface area contributed by atoms with E-state index in [2.05, 4.69) is 5.32 Å². The van der Waals surface area contributed by atoms with E-state index in [1.54, 1.807) is 26.8 Å². The van der Waals surface area contributed by atoms with Crippen molar-refractivity contribution in [1.82, 2.24) is 5.32 Å². The second kappa shape index (κ2) is 15.1. The molecular formula is C26H39NO9. The molecule has 0 aromatic heterocycles. The van der Waals surface area contributed by atoms with Crippen molar-refractivity contribution in [3.8, 4) is 11.5 Å². The maximum absolute atomic E-state index is 12.1. The Labute approximate surface area is 212 Å². The van der Waals surface area contributed by atoms with Gasteiger partial charge in [0.2, 0.25) is 0 Å². The summed E-state index contributed by atoms with van der Waals surface area (Å²) in [6.45, 7) is 10.8. The number of carbonyl (C=O) groups is 4. The predicted molar refractivity (Wildman–Crippen MR) is 132 cm³/mol. The van der Waals surface area contributed by atoms with Crippen molar-refractivity contribution in [3.63, 3.8) is 0 Å². The first-order valence-corrected chi connectivity index (χ1v) is 12.3. The van der Waals surface area contributed by atoms with Gasteiger partial charge in [-0.2, -0.15) is 0 Å². The monoisotopic (exact) mass is 509 g/mol. The number of hydrogen-bond acceptors (Lipinski definition) is 9. The van der Waals surface area contributed by atoms with Crippen LogP contribution in [0.2, 0.25) is 0 Å². The molecule has 1 rings (SSSR count). The molecule has 2 N–H and O–H groups in total. The summed E-state index contributed by atoms with van der Waals surface area (Å²) >= 11 is 0. The van der Waals surface area contributed by atoms with Crippen LogP contribution in [0.1, 0.15) is 79.2 Å². The zero-order chi connectivity index (χ0) is 27.3. The second-order valence-electron chi connectivity index (χ2n) is 9.13. The maximum Gasteiger partial charge on any atom is 0.509 e. The van der Waals surface area contributed by atoms with Gasteiger partial charge in [-0.3, -0.25) is 14.4 Å². The van der Waals surface area contributed by atoms with E-state index in [-0.39, 0.29) is 37.3 Å². The fraction of sp³-hybridized carbons (Fsp3) is 0.615. The van der Waals surface area contributed by atoms with Crippen LogP contribution in [-0.2, 0) is 30.3 Å². The normalized spacial score (nSPS) is 12.8. The molecule has 0 heterocycles. The van der Waals surface area contributed by atoms with Gasteiger partial charge in [-0.1, -0.05) is 26.8 Å². The van der Waals surface area contributed by atoms with E-state index >= 15 is 0 Å². The molecule has 1 aromatic rings. The topological polar surface area (TPSA) is 137 Å². The number of aliphatic carboxylic acids is 1. The van der Waals surface area contributed by atoms with Crippen molar-refractivity contribution in [2.45, 2.75) is 97.8 Å². The first-order valence-electron chi connectivity index (χ1n) is 12.3. The number of carboxylic acid groups (broad SMARTS) is 1. The number of carbonyl (C=O) groups excluding carboxylic acids is 3. The zero-order valence-electron chi connectivity index (χ0n) is 22.0. The Hall–Kier alpha value is -3.14. The molecule has 1 unspecified atom stereocenters. The van der Waals surface area contributed by atoms with E-state index in [1.165, 1.54) is 12.1 Å². The minimum absolute atomic E-state index is 0.0386. The van der Waals surface area contributed by atoms with Gasteiger partial charge in [0.05, 0.1) is 0 Å². The Kier molecular flexibility index (Phi) is 12.9. The van der Waals surface area contributed by atoms with E-state index in [1.807, 2.05) is 20.8 Å². The first kappa shape index (κ1) is 30.9. The van der Waals surface area contributed by atoms with Crippen molar-refractivity contribution in [2.75, 3.05) is 6.54 Å². The summed E-state index contributed by atoms with van der Waals surface area (Å²) in [7, 11) is 0. The van der Waals surface area contributed by atoms with Gasteiger partial charge in [-0.15, -0.1) is 0 Å². The molecule has 0 aliphatic carbocycles. The number of benzene rings is 1. The van der Waals surface area contributed by atoms with Crippen LogP contribution in [0.15, 0.2) is 18.2 Å². The largest absolute Gasteiger partial charge is 0.509 e. The quantitative estimate of drug-likeness (QED) is 0.258. The molecule has 0 radical (unpaired) electrons. The first-order chi connectivity index (χ1) is 16.9. The van der Waals surface area contributed by atoms with Crippen LogP contribution in [0.25, 0.3) is 0 Å². The molecule has 0 bridgehead atoms. The predicted octanol–water partition coefficient (Wildman–Crippen LogP) is 4.41. The molecule has 202 valence electrons. The lowest BCUT2D eigenvalue weighted by molar-refractivity contribution is -0.139. The van der Waals surface area contributed by atoms with E-state index < -0.39 is 41.8 Å². The Morgan fingerprint density at radius 2 is 1.56 bits per heavy atom. The van der Waals surface area contributed by atoms with Crippen LogP contribution < -0.4 is 14.8 Å². The van der Waals surface area contributed by atoms with E-state index in [9.17, 15) is 24.3 Å². The van der Waals surface area contributed by atoms with Crippen LogP contribution in [0.5, 0.6) is 11.5 Å². The fourth-order valence-electron chi connectivity index (χ4n) is 2.92. The number of esters is 2. The Morgan fingerprint density at radius 3 is 2.08 bits per heavy atom. The molecule has 0 aliphatic rings. The third-order valence-corrected chi connectivity index (χ3v) is 5.26. The molecule has 0 fully saturated rings. The zero-order valence-corrected chi connectivity index (χ0v) is 22.0. The van der Waals surface area contributed by atoms with Crippen molar-refractivity contribution in [2.24, 2.45) is 0 Å². The number of nitrogens with one attached hydrogen (secondary N) is 1. The van der Waals surface area contributed by atoms with E-state index in [0.717, 1.165) is 0 Å². The molecule has 0 saturated carbocycles. The van der Waals surface area contributed by atoms with Gasteiger partial charge in [0.15, 0.2) is 11.5 Å². The van der Waals surface area contributed by atoms with Crippen molar-refractivity contribution in [3.05, 3.63) is 23.8 Å². The highest BCUT2D eigenvalue weighted by molar-refractivity contribution is 5.77. The minimum Gasteiger partial charge on any atom is -0.480 e. The van der Waals surface area contributed by atoms with Gasteiger partial charge in [0.25, 0.3) is 0 Å². The summed E-state index contributed by atoms with van der Waals surface area (Å²) in [6, 6.07) is 3.55. The van der Waals surface area contributed by atoms with Gasteiger partial charge in [0.1, 0.15) is 17.7 Å². The van der Waals surface area contributed by atoms with Crippen LogP contribution in [0.3, 0.4) is 0 Å². The van der Waals surface area contributed by atoms with Crippen molar-refractivity contribution < 1.29 is 43.2 Å². The smallest absolute Gasteiger partial charge is 0.480 e. The number of carboxylic acids is 1. The molecule has 0 spiro atoms. The Morgan fingerprint density at radius 1 is 0.972 bits per heavy atom. The maximum atomic E-state index is 12.1. The van der Waals surface area contributed by atoms with Gasteiger partial charge in [-0.25, -0.2) is 4.79 Å². The fourth-order valence-corrected chi connectivity index (χ4v) is 2.92. The lowest BCUT2D eigenvalue weighted by Gasteiger charge is -2.24. The third kappa shape index (κ3) is 11.5. The molecule has 10 heteroatoms. The SMILES string of the molecule is CCCC(=O)Oc1ccc(C[C@H](NCC(C)OC(=O)OC(C)(C)CC)C(=O)O)cc1OC(=O)CCC. The lowest BCUT2D eigenvalue weighted by atomic mass is 10.0. The standard InChI is InChI=1S/C26H39NO9/c1-7-10-22(28)34-20-13-12-18(15-21(20)35-23(29)11-8-2)14-19(24(30)31)27-16-17(4)33-25(32)36-26(5,6)9-3/h12-13,15,17,19,27H,7-11,14,16H2,1-6H3,(H,30,31)/t17?,19-/m0/s1. The van der Waals surface area contributed by atoms with Crippen LogP contribution in [0.4, 0.5) is 4.79 Å². The van der Waals surface area contributed by atoms with E-state index in [4.69, 9.17) is 18.9 Å². The lowest BCUT2D eigenvalue weighted by Crippen LogP contribution is -2.43. The van der Waals surface area contributed by atoms with E-state index in [0.29, 0.717) is 24.8 Å². The van der Waals surface area contributed by atoms with Gasteiger partial charge >= 0.3 is 24.1 Å². The Bertz CT molecular complexity index is 897. The van der Waals surface area contributed by atoms with Crippen molar-refractivity contribution >= 4 is 24.1 Å². The van der Waals surface area contributed by atoms with Gasteiger partial charge in [-0.05, 0) is 64.2 Å². The molecule has 10 nitrogen and oxygen atoms in total. The minimum atomic E-state index is -1.11. The number of rotatable bonds is 15. The molecule has 0 amide bonds. The summed E-state index contributed by atoms with van der Waals surface area (Å²) in [5, 5.41) is 12.6. The molecule has 1 aromatic carbocycles. The summed E-state index contributed by atoms with van der Waals surface area (Å²) in [6.07, 6.45) is 0.759. The average molecular weight is 510 g/mol. The molecule has 0 saturated heterocycles. The summed E-state index contributed by atoms with van der Waals surface area (Å²) in [5.41, 5.74) is -0.120. The number of ether oxygens (including phenoxy) is 4.